The summed E-state index contributed by atoms with van der Waals surface area (Å²) in [6.45, 7) is 1.84. The number of imidazole rings is 1. The molecule has 1 saturated carbocycles. The minimum absolute atomic E-state index is 0.0362. The average Bonchev–Trinajstić information content (AvgIpc) is 3.32. The first-order chi connectivity index (χ1) is 18.8. The lowest BCUT2D eigenvalue weighted by Crippen LogP contribution is -2.30. The number of likely N-dealkylation sites (tertiary alicyclic amines) is 1. The second-order valence-electron chi connectivity index (χ2n) is 10.8. The van der Waals surface area contributed by atoms with Crippen LogP contribution in [0, 0.1) is 11.8 Å². The number of aromatic nitrogens is 3. The molecular weight excluding hydrogens is 501 g/mol. The molecule has 5 nitrogen and oxygen atoms in total. The van der Waals surface area contributed by atoms with E-state index in [9.17, 15) is 18.0 Å². The zero-order valence-electron chi connectivity index (χ0n) is 21.2. The van der Waals surface area contributed by atoms with Gasteiger partial charge in [-0.15, -0.1) is 0 Å². The molecule has 1 unspecified atom stereocenters. The van der Waals surface area contributed by atoms with Crippen molar-refractivity contribution in [2.75, 3.05) is 13.1 Å². The summed E-state index contributed by atoms with van der Waals surface area (Å²) in [7, 11) is 0. The molecule has 1 aliphatic carbocycles. The molecule has 2 aliphatic rings. The van der Waals surface area contributed by atoms with Crippen molar-refractivity contribution in [1.82, 2.24) is 19.4 Å². The molecule has 1 atom stereocenters. The highest BCUT2D eigenvalue weighted by Gasteiger charge is 2.38. The van der Waals surface area contributed by atoms with Crippen molar-refractivity contribution < 1.29 is 18.0 Å². The van der Waals surface area contributed by atoms with E-state index in [1.807, 2.05) is 58.1 Å². The van der Waals surface area contributed by atoms with Crippen LogP contribution in [0.1, 0.15) is 24.8 Å². The summed E-state index contributed by atoms with van der Waals surface area (Å²) >= 11 is 0. The number of hydrogen-bond acceptors (Lipinski definition) is 2. The smallest absolute Gasteiger partial charge is 0.361 e. The van der Waals surface area contributed by atoms with Crippen LogP contribution < -0.4 is 0 Å². The quantitative estimate of drug-likeness (QED) is 0.264. The van der Waals surface area contributed by atoms with Gasteiger partial charge in [0, 0.05) is 42.8 Å². The van der Waals surface area contributed by atoms with Crippen molar-refractivity contribution in [2.45, 2.75) is 32.0 Å². The van der Waals surface area contributed by atoms with Gasteiger partial charge in [0.2, 0.25) is 5.91 Å². The van der Waals surface area contributed by atoms with E-state index < -0.39 is 11.7 Å². The van der Waals surface area contributed by atoms with E-state index >= 15 is 0 Å². The van der Waals surface area contributed by atoms with Crippen molar-refractivity contribution in [3.05, 3.63) is 78.5 Å². The lowest BCUT2D eigenvalue weighted by Gasteiger charge is -2.18. The monoisotopic (exact) mass is 528 g/mol. The van der Waals surface area contributed by atoms with Gasteiger partial charge in [-0.3, -0.25) is 4.79 Å². The number of hydrogen-bond donors (Lipinski definition) is 1. The summed E-state index contributed by atoms with van der Waals surface area (Å²) in [4.78, 5) is 22.3. The molecule has 39 heavy (non-hydrogen) atoms. The Morgan fingerprint density at radius 3 is 2.49 bits per heavy atom. The fourth-order valence-corrected chi connectivity index (χ4v) is 5.85. The zero-order valence-corrected chi connectivity index (χ0v) is 21.2. The third-order valence-electron chi connectivity index (χ3n) is 8.08. The first kappa shape index (κ1) is 24.0. The number of fused-ring (bicyclic) bond motifs is 2. The Hall–Kier alpha value is -4.07. The number of aromatic amines is 1. The molecule has 198 valence electrons. The van der Waals surface area contributed by atoms with Gasteiger partial charge in [0.1, 0.15) is 11.3 Å². The van der Waals surface area contributed by atoms with E-state index in [1.54, 1.807) is 6.07 Å². The molecule has 3 aromatic carbocycles. The summed E-state index contributed by atoms with van der Waals surface area (Å²) < 4.78 is 43.7. The maximum Gasteiger partial charge on any atom is 0.418 e. The van der Waals surface area contributed by atoms with Crippen LogP contribution in [0.2, 0.25) is 0 Å². The highest BCUT2D eigenvalue weighted by Crippen LogP contribution is 2.38. The van der Waals surface area contributed by atoms with Crippen LogP contribution in [-0.2, 0) is 17.5 Å². The van der Waals surface area contributed by atoms with Gasteiger partial charge in [-0.05, 0) is 72.0 Å². The molecule has 1 saturated heterocycles. The third-order valence-corrected chi connectivity index (χ3v) is 8.08. The van der Waals surface area contributed by atoms with E-state index in [0.29, 0.717) is 31.0 Å². The maximum atomic E-state index is 13.9. The number of carbonyl (C=O) groups excluding carboxylic acids is 1. The molecule has 0 radical (unpaired) electrons. The minimum Gasteiger partial charge on any atom is -0.361 e. The van der Waals surface area contributed by atoms with E-state index in [1.165, 1.54) is 6.07 Å². The van der Waals surface area contributed by atoms with Crippen molar-refractivity contribution in [1.29, 1.82) is 0 Å². The second-order valence-corrected chi connectivity index (χ2v) is 10.8. The molecule has 3 heterocycles. The number of alkyl halides is 3. The van der Waals surface area contributed by atoms with Crippen LogP contribution in [0.25, 0.3) is 44.5 Å². The van der Waals surface area contributed by atoms with Crippen LogP contribution in [-0.4, -0.2) is 38.4 Å². The highest BCUT2D eigenvalue weighted by molar-refractivity contribution is 5.87. The lowest BCUT2D eigenvalue weighted by atomic mass is 10.0. The van der Waals surface area contributed by atoms with Crippen molar-refractivity contribution in [3.8, 4) is 22.5 Å². The number of amides is 1. The van der Waals surface area contributed by atoms with Gasteiger partial charge in [0.25, 0.3) is 0 Å². The standard InChI is InChI=1S/C31H27F3N4O/c32-31(33,34)25-2-1-3-27-28(25)36-29(38(27)18-19-13-15-37(17-19)30(39)22-8-9-22)21-6-4-20(5-7-21)23-10-11-26-24(16-23)12-14-35-26/h1-7,10-12,14,16,19,22,35H,8-9,13,15,17-18H2. The highest BCUT2D eigenvalue weighted by atomic mass is 19.4. The number of nitrogens with zero attached hydrogens (tertiary/aromatic N) is 3. The van der Waals surface area contributed by atoms with E-state index in [0.717, 1.165) is 52.9 Å². The SMILES string of the molecule is O=C(C1CC1)N1CCC(Cn2c(-c3ccc(-c4ccc5[nH]ccc5c4)cc3)nc3c(C(F)(F)F)cccc32)C1. The normalized spacial score (nSPS) is 17.9. The molecule has 0 spiro atoms. The zero-order chi connectivity index (χ0) is 26.7. The summed E-state index contributed by atoms with van der Waals surface area (Å²) in [6.07, 6.45) is 0.161. The van der Waals surface area contributed by atoms with E-state index in [-0.39, 0.29) is 23.3 Å². The maximum absolute atomic E-state index is 13.9. The number of rotatable bonds is 5. The van der Waals surface area contributed by atoms with Gasteiger partial charge in [0.15, 0.2) is 0 Å². The Labute approximate surface area is 223 Å². The molecule has 1 aliphatic heterocycles. The largest absolute Gasteiger partial charge is 0.418 e. The first-order valence-electron chi connectivity index (χ1n) is 13.4. The summed E-state index contributed by atoms with van der Waals surface area (Å²) in [6, 6.07) is 20.3. The van der Waals surface area contributed by atoms with Gasteiger partial charge in [-0.2, -0.15) is 13.2 Å². The summed E-state index contributed by atoms with van der Waals surface area (Å²) in [5, 5.41) is 1.11. The van der Waals surface area contributed by atoms with Crippen molar-refractivity contribution in [3.63, 3.8) is 0 Å². The molecule has 1 N–H and O–H groups in total. The van der Waals surface area contributed by atoms with Gasteiger partial charge in [0.05, 0.1) is 11.1 Å². The van der Waals surface area contributed by atoms with Crippen LogP contribution in [0.4, 0.5) is 13.2 Å². The Balaban J connectivity index is 1.26. The summed E-state index contributed by atoms with van der Waals surface area (Å²) in [5.41, 5.74) is 3.61. The van der Waals surface area contributed by atoms with Crippen LogP contribution >= 0.6 is 0 Å². The number of benzene rings is 3. The number of nitrogens with one attached hydrogen (secondary N) is 1. The molecule has 8 heteroatoms. The van der Waals surface area contributed by atoms with E-state index in [4.69, 9.17) is 0 Å². The minimum atomic E-state index is -4.50. The number of halogens is 3. The predicted molar refractivity (Wildman–Crippen MR) is 145 cm³/mol. The van der Waals surface area contributed by atoms with Crippen LogP contribution in [0.5, 0.6) is 0 Å². The second kappa shape index (κ2) is 9.00. The van der Waals surface area contributed by atoms with E-state index in [2.05, 4.69) is 16.0 Å². The van der Waals surface area contributed by atoms with Gasteiger partial charge >= 0.3 is 6.18 Å². The molecule has 5 aromatic rings. The van der Waals surface area contributed by atoms with Crippen molar-refractivity contribution >= 4 is 27.8 Å². The topological polar surface area (TPSA) is 53.9 Å². The molecule has 2 fully saturated rings. The Kier molecular flexibility index (Phi) is 5.54. The van der Waals surface area contributed by atoms with Gasteiger partial charge in [-0.25, -0.2) is 4.98 Å². The average molecular weight is 529 g/mol. The molecule has 2 aromatic heterocycles. The van der Waals surface area contributed by atoms with Crippen LogP contribution in [0.3, 0.4) is 0 Å². The number of para-hydroxylation sites is 1. The van der Waals surface area contributed by atoms with Gasteiger partial charge in [-0.1, -0.05) is 36.4 Å². The fraction of sp³-hybridized carbons (Fsp3) is 0.290. The number of H-pyrrole nitrogens is 1. The Morgan fingerprint density at radius 2 is 1.72 bits per heavy atom. The Bertz CT molecular complexity index is 1690. The summed E-state index contributed by atoms with van der Waals surface area (Å²) in [5.74, 6) is 1.06. The molecule has 7 rings (SSSR count). The lowest BCUT2D eigenvalue weighted by molar-refractivity contribution is -0.136. The van der Waals surface area contributed by atoms with Crippen molar-refractivity contribution in [2.24, 2.45) is 11.8 Å². The third kappa shape index (κ3) is 4.37. The fourth-order valence-electron chi connectivity index (χ4n) is 5.85. The van der Waals surface area contributed by atoms with Crippen LogP contribution in [0.15, 0.2) is 72.9 Å². The molecule has 0 bridgehead atoms. The van der Waals surface area contributed by atoms with Gasteiger partial charge < -0.3 is 14.5 Å². The number of carbonyl (C=O) groups is 1. The Morgan fingerprint density at radius 1 is 0.949 bits per heavy atom. The molecule has 1 amide bonds. The molecular formula is C31H27F3N4O. The predicted octanol–water partition coefficient (Wildman–Crippen LogP) is 7.13. The first-order valence-corrected chi connectivity index (χ1v) is 13.4.